The van der Waals surface area contributed by atoms with Gasteiger partial charge in [0.25, 0.3) is 0 Å². The smallest absolute Gasteiger partial charge is 0.168 e. The third-order valence-electron chi connectivity index (χ3n) is 2.58. The van der Waals surface area contributed by atoms with Crippen molar-refractivity contribution in [3.63, 3.8) is 0 Å². The van der Waals surface area contributed by atoms with Gasteiger partial charge in [-0.2, -0.15) is 0 Å². The number of pyridine rings is 1. The van der Waals surface area contributed by atoms with Crippen LogP contribution in [0, 0.1) is 12.7 Å². The third-order valence-corrected chi connectivity index (χ3v) is 2.87. The summed E-state index contributed by atoms with van der Waals surface area (Å²) in [4.78, 5) is 16.0. The first kappa shape index (κ1) is 12.7. The zero-order valence-electron chi connectivity index (χ0n) is 9.78. The molecule has 0 N–H and O–H groups in total. The molecule has 0 amide bonds. The third kappa shape index (κ3) is 2.93. The van der Waals surface area contributed by atoms with Crippen LogP contribution in [0.5, 0.6) is 0 Å². The predicted octanol–water partition coefficient (Wildman–Crippen LogP) is 3.61. The molecule has 2 aromatic rings. The van der Waals surface area contributed by atoms with Crippen molar-refractivity contribution in [3.05, 3.63) is 64.2 Å². The fourth-order valence-corrected chi connectivity index (χ4v) is 1.77. The molecule has 1 heterocycles. The van der Waals surface area contributed by atoms with Gasteiger partial charge in [0.05, 0.1) is 5.02 Å². The van der Waals surface area contributed by atoms with Gasteiger partial charge < -0.3 is 0 Å². The van der Waals surface area contributed by atoms with E-state index in [-0.39, 0.29) is 17.2 Å². The van der Waals surface area contributed by atoms with Crippen molar-refractivity contribution in [3.8, 4) is 0 Å². The second-order valence-corrected chi connectivity index (χ2v) is 4.44. The van der Waals surface area contributed by atoms with Gasteiger partial charge in [-0.1, -0.05) is 17.7 Å². The number of carbonyl (C=O) groups is 1. The number of carbonyl (C=O) groups excluding carboxylic acids is 1. The van der Waals surface area contributed by atoms with Crippen LogP contribution in [0.2, 0.25) is 5.02 Å². The molecule has 0 spiro atoms. The Balaban J connectivity index is 2.16. The summed E-state index contributed by atoms with van der Waals surface area (Å²) in [6.07, 6.45) is 1.73. The predicted molar refractivity (Wildman–Crippen MR) is 68.4 cm³/mol. The number of rotatable bonds is 3. The van der Waals surface area contributed by atoms with E-state index in [9.17, 15) is 9.18 Å². The Morgan fingerprint density at radius 2 is 2.11 bits per heavy atom. The molecule has 92 valence electrons. The van der Waals surface area contributed by atoms with Gasteiger partial charge in [0.15, 0.2) is 5.78 Å². The van der Waals surface area contributed by atoms with E-state index >= 15 is 0 Å². The maximum atomic E-state index is 13.0. The van der Waals surface area contributed by atoms with E-state index in [1.807, 2.05) is 6.92 Å². The van der Waals surface area contributed by atoms with Crippen LogP contribution in [0.1, 0.15) is 21.6 Å². The molecule has 0 radical (unpaired) electrons. The monoisotopic (exact) mass is 263 g/mol. The van der Waals surface area contributed by atoms with Crippen LogP contribution < -0.4 is 0 Å². The van der Waals surface area contributed by atoms with Crippen LogP contribution in [0.25, 0.3) is 0 Å². The van der Waals surface area contributed by atoms with Crippen LogP contribution in [-0.2, 0) is 6.42 Å². The van der Waals surface area contributed by atoms with Crippen LogP contribution in [0.4, 0.5) is 4.39 Å². The summed E-state index contributed by atoms with van der Waals surface area (Å²) in [5, 5.41) is 0.0299. The first-order valence-corrected chi connectivity index (χ1v) is 5.84. The average Bonchev–Trinajstić information content (AvgIpc) is 2.34. The van der Waals surface area contributed by atoms with Crippen molar-refractivity contribution in [1.82, 2.24) is 4.98 Å². The number of hydrogen-bond acceptors (Lipinski definition) is 2. The first-order chi connectivity index (χ1) is 8.56. The van der Waals surface area contributed by atoms with Gasteiger partial charge in [-0.3, -0.25) is 9.78 Å². The van der Waals surface area contributed by atoms with E-state index in [0.29, 0.717) is 11.1 Å². The van der Waals surface area contributed by atoms with Crippen molar-refractivity contribution >= 4 is 17.4 Å². The van der Waals surface area contributed by atoms with Crippen molar-refractivity contribution in [1.29, 1.82) is 0 Å². The van der Waals surface area contributed by atoms with Gasteiger partial charge in [-0.15, -0.1) is 0 Å². The molecule has 0 atom stereocenters. The Morgan fingerprint density at radius 1 is 1.33 bits per heavy atom. The highest BCUT2D eigenvalue weighted by molar-refractivity contribution is 6.30. The Morgan fingerprint density at radius 3 is 2.72 bits per heavy atom. The number of ketones is 1. The molecule has 0 unspecified atom stereocenters. The Hall–Kier alpha value is -1.74. The Bertz CT molecular complexity index is 581. The highest BCUT2D eigenvalue weighted by atomic mass is 35.5. The summed E-state index contributed by atoms with van der Waals surface area (Å²) in [7, 11) is 0. The molecule has 0 fully saturated rings. The summed E-state index contributed by atoms with van der Waals surface area (Å²) in [5.41, 5.74) is 2.09. The maximum absolute atomic E-state index is 13.0. The molecule has 4 heteroatoms. The van der Waals surface area contributed by atoms with Crippen LogP contribution in [0.15, 0.2) is 36.5 Å². The van der Waals surface area contributed by atoms with Crippen molar-refractivity contribution in [2.24, 2.45) is 0 Å². The topological polar surface area (TPSA) is 30.0 Å². The number of aromatic nitrogens is 1. The molecule has 0 aliphatic carbocycles. The van der Waals surface area contributed by atoms with E-state index in [2.05, 4.69) is 4.98 Å². The molecule has 1 aromatic carbocycles. The lowest BCUT2D eigenvalue weighted by molar-refractivity contribution is 0.0992. The van der Waals surface area contributed by atoms with Crippen molar-refractivity contribution in [2.75, 3.05) is 0 Å². The minimum absolute atomic E-state index is 0.0299. The zero-order valence-corrected chi connectivity index (χ0v) is 10.5. The summed E-state index contributed by atoms with van der Waals surface area (Å²) < 4.78 is 13.0. The molecule has 0 saturated heterocycles. The highest BCUT2D eigenvalue weighted by Gasteiger charge is 2.09. The molecular weight excluding hydrogens is 253 g/mol. The van der Waals surface area contributed by atoms with E-state index in [4.69, 9.17) is 11.6 Å². The van der Waals surface area contributed by atoms with Gasteiger partial charge >= 0.3 is 0 Å². The number of nitrogens with zero attached hydrogens (tertiary/aromatic N) is 1. The first-order valence-electron chi connectivity index (χ1n) is 5.46. The second-order valence-electron chi connectivity index (χ2n) is 4.04. The van der Waals surface area contributed by atoms with E-state index in [0.717, 1.165) is 5.69 Å². The number of halogens is 2. The van der Waals surface area contributed by atoms with Crippen molar-refractivity contribution < 1.29 is 9.18 Å². The quantitative estimate of drug-likeness (QED) is 0.792. The Kier molecular flexibility index (Phi) is 3.72. The van der Waals surface area contributed by atoms with Gasteiger partial charge in [0, 0.05) is 23.9 Å². The molecule has 2 rings (SSSR count). The fraction of sp³-hybridized carbons (Fsp3) is 0.143. The molecule has 0 bridgehead atoms. The van der Waals surface area contributed by atoms with E-state index in [1.165, 1.54) is 12.1 Å². The largest absolute Gasteiger partial charge is 0.294 e. The minimum Gasteiger partial charge on any atom is -0.294 e. The van der Waals surface area contributed by atoms with Crippen molar-refractivity contribution in [2.45, 2.75) is 13.3 Å². The summed E-state index contributed by atoms with van der Waals surface area (Å²) in [6.45, 7) is 1.86. The number of Topliss-reactive ketones (excluding diaryl/α,β-unsaturated/α-hetero) is 1. The molecule has 18 heavy (non-hydrogen) atoms. The lowest BCUT2D eigenvalue weighted by Crippen LogP contribution is -2.04. The Labute approximate surface area is 109 Å². The average molecular weight is 264 g/mol. The molecule has 0 aliphatic heterocycles. The van der Waals surface area contributed by atoms with Gasteiger partial charge in [0.2, 0.25) is 0 Å². The zero-order chi connectivity index (χ0) is 13.1. The summed E-state index contributed by atoms with van der Waals surface area (Å²) in [6, 6.07) is 7.80. The molecule has 2 nitrogen and oxygen atoms in total. The molecular formula is C14H11ClFNO. The summed E-state index contributed by atoms with van der Waals surface area (Å²) >= 11 is 5.67. The number of hydrogen-bond donors (Lipinski definition) is 0. The highest BCUT2D eigenvalue weighted by Crippen LogP contribution is 2.17. The summed E-state index contributed by atoms with van der Waals surface area (Å²) in [5.74, 6) is -0.546. The van der Waals surface area contributed by atoms with Crippen LogP contribution in [-0.4, -0.2) is 10.8 Å². The maximum Gasteiger partial charge on any atom is 0.168 e. The van der Waals surface area contributed by atoms with E-state index in [1.54, 1.807) is 24.4 Å². The van der Waals surface area contributed by atoms with Gasteiger partial charge in [-0.05, 0) is 36.8 Å². The van der Waals surface area contributed by atoms with Crippen LogP contribution in [0.3, 0.4) is 0 Å². The van der Waals surface area contributed by atoms with Crippen LogP contribution >= 0.6 is 11.6 Å². The lowest BCUT2D eigenvalue weighted by Gasteiger charge is -2.03. The molecule has 1 aromatic heterocycles. The SMILES string of the molecule is Cc1ccc(C(=O)Cc2ccc(F)c(Cl)c2)cn1. The van der Waals surface area contributed by atoms with E-state index < -0.39 is 5.82 Å². The molecule has 0 aliphatic rings. The minimum atomic E-state index is -0.482. The second kappa shape index (κ2) is 5.27. The fourth-order valence-electron chi connectivity index (χ4n) is 1.57. The van der Waals surface area contributed by atoms with Gasteiger partial charge in [-0.25, -0.2) is 4.39 Å². The lowest BCUT2D eigenvalue weighted by atomic mass is 10.0. The standard InChI is InChI=1S/C14H11ClFNO/c1-9-2-4-11(8-17-9)14(18)7-10-3-5-13(16)12(15)6-10/h2-6,8H,7H2,1H3. The number of benzene rings is 1. The normalized spacial score (nSPS) is 10.4. The number of aryl methyl sites for hydroxylation is 1. The molecule has 0 saturated carbocycles. The van der Waals surface area contributed by atoms with Gasteiger partial charge in [0.1, 0.15) is 5.82 Å².